The maximum absolute atomic E-state index is 10.0. The van der Waals surface area contributed by atoms with Crippen molar-refractivity contribution >= 4 is 23.5 Å². The summed E-state index contributed by atoms with van der Waals surface area (Å²) >= 11 is 5.38. The van der Waals surface area contributed by atoms with Crippen LogP contribution in [0.15, 0.2) is 35.5 Å². The SMILES string of the molecule is COc1cccc(/C=N\NC(=S)N[C@H]2C[C@@H]3C[C@@H]2[C@@H]2C=CC[C@@H]32)c1O. The van der Waals surface area contributed by atoms with Crippen LogP contribution in [-0.2, 0) is 0 Å². The van der Waals surface area contributed by atoms with E-state index >= 15 is 0 Å². The monoisotopic (exact) mass is 357 g/mol. The van der Waals surface area contributed by atoms with Crippen molar-refractivity contribution in [3.05, 3.63) is 35.9 Å². The maximum Gasteiger partial charge on any atom is 0.187 e. The Kier molecular flexibility index (Phi) is 4.37. The van der Waals surface area contributed by atoms with Crippen molar-refractivity contribution < 1.29 is 9.84 Å². The van der Waals surface area contributed by atoms with Gasteiger partial charge in [0.05, 0.1) is 13.3 Å². The van der Waals surface area contributed by atoms with E-state index in [2.05, 4.69) is 28.0 Å². The van der Waals surface area contributed by atoms with Gasteiger partial charge in [0.15, 0.2) is 16.6 Å². The first-order valence-electron chi connectivity index (χ1n) is 8.79. The molecule has 3 aliphatic carbocycles. The van der Waals surface area contributed by atoms with Crippen LogP contribution >= 0.6 is 12.2 Å². The summed E-state index contributed by atoms with van der Waals surface area (Å²) in [4.78, 5) is 0. The van der Waals surface area contributed by atoms with Crippen molar-refractivity contribution in [1.29, 1.82) is 0 Å². The van der Waals surface area contributed by atoms with Crippen molar-refractivity contribution in [3.63, 3.8) is 0 Å². The summed E-state index contributed by atoms with van der Waals surface area (Å²) in [5.74, 6) is 3.63. The summed E-state index contributed by atoms with van der Waals surface area (Å²) in [6.07, 6.45) is 10.1. The van der Waals surface area contributed by atoms with Gasteiger partial charge in [0, 0.05) is 11.6 Å². The molecule has 2 fully saturated rings. The zero-order valence-corrected chi connectivity index (χ0v) is 15.0. The lowest BCUT2D eigenvalue weighted by Crippen LogP contribution is -2.45. The third kappa shape index (κ3) is 2.99. The van der Waals surface area contributed by atoms with E-state index in [-0.39, 0.29) is 5.75 Å². The van der Waals surface area contributed by atoms with Crippen LogP contribution in [0.4, 0.5) is 0 Å². The number of hydrogen-bond acceptors (Lipinski definition) is 4. The first-order chi connectivity index (χ1) is 12.2. The van der Waals surface area contributed by atoms with E-state index in [0.717, 1.165) is 17.8 Å². The second kappa shape index (κ2) is 6.67. The Balaban J connectivity index is 1.32. The van der Waals surface area contributed by atoms with Crippen LogP contribution in [0.2, 0.25) is 0 Å². The summed E-state index contributed by atoms with van der Waals surface area (Å²) in [5, 5.41) is 18.2. The van der Waals surface area contributed by atoms with Crippen molar-refractivity contribution in [1.82, 2.24) is 10.7 Å². The number of rotatable bonds is 4. The topological polar surface area (TPSA) is 65.9 Å². The minimum atomic E-state index is 0.0709. The van der Waals surface area contributed by atoms with Gasteiger partial charge in [-0.25, -0.2) is 0 Å². The molecule has 0 spiro atoms. The number of allylic oxidation sites excluding steroid dienone is 2. The van der Waals surface area contributed by atoms with Gasteiger partial charge in [-0.1, -0.05) is 18.2 Å². The number of methoxy groups -OCH3 is 1. The largest absolute Gasteiger partial charge is 0.504 e. The van der Waals surface area contributed by atoms with Crippen LogP contribution in [0.5, 0.6) is 11.5 Å². The van der Waals surface area contributed by atoms with E-state index in [4.69, 9.17) is 17.0 Å². The number of fused-ring (bicyclic) bond motifs is 5. The Hall–Kier alpha value is -2.08. The number of para-hydroxylation sites is 1. The fraction of sp³-hybridized carbons (Fsp3) is 0.474. The Bertz CT molecular complexity index is 733. The standard InChI is InChI=1S/C19H23N3O2S/c1-24-17-7-2-4-11(18(17)23)10-20-22-19(25)21-16-9-12-8-15(16)14-6-3-5-13(12)14/h2-4,6-7,10,12-16,23H,5,8-9H2,1H3,(H2,21,22,25)/b20-10-/t12-,13-,14+,15+,16-/m0/s1. The molecule has 0 aromatic heterocycles. The van der Waals surface area contributed by atoms with Crippen molar-refractivity contribution in [3.8, 4) is 11.5 Å². The number of nitrogens with zero attached hydrogens (tertiary/aromatic N) is 1. The van der Waals surface area contributed by atoms with Crippen LogP contribution in [0.1, 0.15) is 24.8 Å². The van der Waals surface area contributed by atoms with E-state index in [9.17, 15) is 5.11 Å². The lowest BCUT2D eigenvalue weighted by molar-refractivity contribution is 0.246. The van der Waals surface area contributed by atoms with Crippen molar-refractivity contribution in [2.75, 3.05) is 7.11 Å². The Morgan fingerprint density at radius 1 is 1.36 bits per heavy atom. The van der Waals surface area contributed by atoms with Crippen molar-refractivity contribution in [2.24, 2.45) is 28.8 Å². The zero-order chi connectivity index (χ0) is 17.4. The van der Waals surface area contributed by atoms with Crippen LogP contribution in [0.3, 0.4) is 0 Å². The molecule has 6 heteroatoms. The smallest absolute Gasteiger partial charge is 0.187 e. The minimum absolute atomic E-state index is 0.0709. The molecule has 25 heavy (non-hydrogen) atoms. The van der Waals surface area contributed by atoms with Gasteiger partial charge in [0.2, 0.25) is 0 Å². The van der Waals surface area contributed by atoms with Crippen LogP contribution in [0, 0.1) is 23.7 Å². The molecular weight excluding hydrogens is 334 g/mol. The van der Waals surface area contributed by atoms with E-state index < -0.39 is 0 Å². The molecule has 3 N–H and O–H groups in total. The van der Waals surface area contributed by atoms with E-state index in [0.29, 0.717) is 28.4 Å². The van der Waals surface area contributed by atoms with Crippen molar-refractivity contribution in [2.45, 2.75) is 25.3 Å². The molecule has 0 saturated heterocycles. The summed E-state index contributed by atoms with van der Waals surface area (Å²) in [5.41, 5.74) is 3.44. The second-order valence-corrected chi connectivity index (χ2v) is 7.56. The third-order valence-electron chi connectivity index (χ3n) is 5.95. The first kappa shape index (κ1) is 16.4. The molecular formula is C19H23N3O2S. The fourth-order valence-electron chi connectivity index (χ4n) is 4.88. The lowest BCUT2D eigenvalue weighted by atomic mass is 9.79. The molecule has 2 bridgehead atoms. The third-order valence-corrected chi connectivity index (χ3v) is 6.15. The van der Waals surface area contributed by atoms with Gasteiger partial charge in [-0.2, -0.15) is 5.10 Å². The molecule has 0 radical (unpaired) electrons. The van der Waals surface area contributed by atoms with Gasteiger partial charge >= 0.3 is 0 Å². The highest BCUT2D eigenvalue weighted by atomic mass is 32.1. The number of hydrazone groups is 1. The highest BCUT2D eigenvalue weighted by Gasteiger charge is 2.52. The normalized spacial score (nSPS) is 32.1. The molecule has 5 nitrogen and oxygen atoms in total. The number of nitrogens with one attached hydrogen (secondary N) is 2. The molecule has 1 aromatic carbocycles. The highest BCUT2D eigenvalue weighted by molar-refractivity contribution is 7.80. The van der Waals surface area contributed by atoms with Crippen LogP contribution < -0.4 is 15.5 Å². The summed E-state index contributed by atoms with van der Waals surface area (Å²) in [7, 11) is 1.52. The molecule has 0 unspecified atom stereocenters. The average molecular weight is 357 g/mol. The molecule has 1 aromatic rings. The zero-order valence-electron chi connectivity index (χ0n) is 14.2. The van der Waals surface area contributed by atoms with E-state index in [1.54, 1.807) is 24.4 Å². The number of phenolic OH excluding ortho intramolecular Hbond substituents is 1. The molecule has 0 aliphatic heterocycles. The summed E-state index contributed by atoms with van der Waals surface area (Å²) in [6.45, 7) is 0. The molecule has 132 valence electrons. The average Bonchev–Trinajstić information content (AvgIpc) is 3.29. The highest BCUT2D eigenvalue weighted by Crippen LogP contribution is 2.56. The number of thiocarbonyl (C=S) groups is 1. The van der Waals surface area contributed by atoms with Gasteiger partial charge in [-0.15, -0.1) is 0 Å². The predicted molar refractivity (Wildman–Crippen MR) is 102 cm³/mol. The summed E-state index contributed by atoms with van der Waals surface area (Å²) in [6, 6.07) is 5.71. The number of hydrogen-bond donors (Lipinski definition) is 3. The lowest BCUT2D eigenvalue weighted by Gasteiger charge is -2.32. The van der Waals surface area contributed by atoms with Crippen LogP contribution in [0.25, 0.3) is 0 Å². The number of benzene rings is 1. The van der Waals surface area contributed by atoms with Gasteiger partial charge in [0.1, 0.15) is 0 Å². The Morgan fingerprint density at radius 2 is 2.24 bits per heavy atom. The van der Waals surface area contributed by atoms with E-state index in [1.807, 2.05) is 0 Å². The molecule has 0 amide bonds. The van der Waals surface area contributed by atoms with Gasteiger partial charge in [0.25, 0.3) is 0 Å². The Morgan fingerprint density at radius 3 is 3.08 bits per heavy atom. The first-order valence-corrected chi connectivity index (χ1v) is 9.20. The summed E-state index contributed by atoms with van der Waals surface area (Å²) < 4.78 is 5.09. The van der Waals surface area contributed by atoms with Gasteiger partial charge in [-0.3, -0.25) is 5.43 Å². The fourth-order valence-corrected chi connectivity index (χ4v) is 5.08. The van der Waals surface area contributed by atoms with E-state index in [1.165, 1.54) is 26.4 Å². The Labute approximate surface area is 153 Å². The maximum atomic E-state index is 10.0. The number of aromatic hydroxyl groups is 1. The molecule has 5 atom stereocenters. The predicted octanol–water partition coefficient (Wildman–Crippen LogP) is 2.80. The second-order valence-electron chi connectivity index (χ2n) is 7.15. The molecule has 0 heterocycles. The van der Waals surface area contributed by atoms with Crippen LogP contribution in [-0.4, -0.2) is 29.6 Å². The van der Waals surface area contributed by atoms with Gasteiger partial charge in [-0.05, 0) is 67.3 Å². The number of ether oxygens (including phenoxy) is 1. The minimum Gasteiger partial charge on any atom is -0.504 e. The molecule has 3 aliphatic rings. The quantitative estimate of drug-likeness (QED) is 0.335. The number of phenols is 1. The molecule has 2 saturated carbocycles. The molecule has 4 rings (SSSR count). The van der Waals surface area contributed by atoms with Gasteiger partial charge < -0.3 is 15.2 Å².